The molecule has 0 saturated carbocycles. The minimum Gasteiger partial charge on any atom is -0.459 e. The molecule has 6 N–H and O–H groups in total. The Hall–Kier alpha value is -3.99. The molecule has 1 aromatic carbocycles. The lowest BCUT2D eigenvalue weighted by Crippen LogP contribution is -2.61. The van der Waals surface area contributed by atoms with Crippen molar-refractivity contribution in [2.75, 3.05) is 53.8 Å². The number of esters is 1. The fourth-order valence-electron chi connectivity index (χ4n) is 12.4. The second-order valence-electron chi connectivity index (χ2n) is 23.6. The van der Waals surface area contributed by atoms with Gasteiger partial charge in [-0.15, -0.1) is 16.9 Å². The first-order valence-electron chi connectivity index (χ1n) is 28.8. The zero-order valence-corrected chi connectivity index (χ0v) is 51.8. The predicted molar refractivity (Wildman–Crippen MR) is 306 cm³/mol. The number of aliphatic hydroxyl groups excluding tert-OH is 4. The third-order valence-electron chi connectivity index (χ3n) is 17.7. The van der Waals surface area contributed by atoms with E-state index >= 15 is 4.39 Å². The largest absolute Gasteiger partial charge is 0.459 e. The smallest absolute Gasteiger partial charge is 0.311 e. The third-order valence-corrected chi connectivity index (χ3v) is 18.0. The molecule has 6 rings (SSSR count). The van der Waals surface area contributed by atoms with Crippen LogP contribution in [0.5, 0.6) is 0 Å². The maximum Gasteiger partial charge on any atom is 0.311 e. The summed E-state index contributed by atoms with van der Waals surface area (Å²) >= 11 is 1.41. The SMILES string of the molecule is CC[C@H]1OC(=O)[C@H](C)[C@@H](O[C@H]2C[C@@](C)(OC)[C@@H](O)[C@H](C)O2)[C@H](C)[C@@H](O[C@@H]2O[C@H](C)C[C@H](N(C)CCc3cn([C@H](CF)[C@H](OC)c4ccc(-c5ccc(CO)[n+](O)c5)cc4)nn3)[C@H]2O)[C@](C)(OC)C[C@@H](C)/C(=N\OCSC)[C@H](C)[C@@H](O)[C@]1(C)O. The van der Waals surface area contributed by atoms with E-state index in [2.05, 4.69) is 15.5 Å². The minimum atomic E-state index is -1.95. The molecule has 0 bridgehead atoms. The van der Waals surface area contributed by atoms with Crippen molar-refractivity contribution in [1.82, 2.24) is 19.9 Å². The molecule has 2 aromatic heterocycles. The number of oxime groups is 1. The Kier molecular flexibility index (Phi) is 24.3. The fourth-order valence-corrected chi connectivity index (χ4v) is 12.5. The van der Waals surface area contributed by atoms with E-state index in [0.29, 0.717) is 47.6 Å². The van der Waals surface area contributed by atoms with Gasteiger partial charge in [-0.2, -0.15) is 0 Å². The quantitative estimate of drug-likeness (QED) is 0.0196. The fraction of sp³-hybridized carbons (Fsp3) is 0.746. The molecule has 0 aliphatic carbocycles. The summed E-state index contributed by atoms with van der Waals surface area (Å²) in [4.78, 5) is 22.5. The standard InChI is InChI=1S/C59H94FN6O16S/c1-16-46-59(10,72)52(69)35(4)48(62-77-32-83-15)33(2)26-58(9,76-14)54(36(5)50(37(6)55(71)80-46)81-47-27-57(8,75-13)53(70)38(7)79-47)82-56-49(68)44(25-34(3)78-56)64(11)24-23-42-30-65(63-61-42)45(28-60)51(74-12)40-19-17-39(18-20-40)41-21-22-43(31-67)66(73)29-41/h17-22,29-30,33-38,44-47,49-54,56,67-70,72-73H,16,23-28,31-32H2,1-15H3/q+1/b62-48+/t33-,34-,35+,36+,37-,38+,44+,45-,46-,47+,49-,50+,51-,52-,53+,54-,56+,57-,58-,59-/m1/s1. The van der Waals surface area contributed by atoms with Crippen molar-refractivity contribution in [3.05, 3.63) is 65.7 Å². The number of ether oxygens (including phenoxy) is 8. The topological polar surface area (TPSA) is 272 Å². The summed E-state index contributed by atoms with van der Waals surface area (Å²) in [6, 6.07) is 9.37. The first-order chi connectivity index (χ1) is 39.3. The normalized spacial score (nSPS) is 36.3. The van der Waals surface area contributed by atoms with Crippen LogP contribution < -0.4 is 4.73 Å². The lowest BCUT2D eigenvalue weighted by atomic mass is 9.73. The highest BCUT2D eigenvalue weighted by atomic mass is 32.2. The van der Waals surface area contributed by atoms with Gasteiger partial charge in [0.05, 0.1) is 64.6 Å². The second kappa shape index (κ2) is 29.6. The summed E-state index contributed by atoms with van der Waals surface area (Å²) in [6.45, 7) is 16.9. The number of methoxy groups -OCH3 is 3. The van der Waals surface area contributed by atoms with Crippen LogP contribution in [0.15, 0.2) is 53.9 Å². The van der Waals surface area contributed by atoms with Gasteiger partial charge in [0, 0.05) is 81.5 Å². The lowest BCUT2D eigenvalue weighted by molar-refractivity contribution is -0.910. The molecule has 83 heavy (non-hydrogen) atoms. The second-order valence-corrected chi connectivity index (χ2v) is 24.5. The van der Waals surface area contributed by atoms with E-state index in [9.17, 15) is 35.5 Å². The number of pyridine rings is 1. The van der Waals surface area contributed by atoms with Crippen LogP contribution in [0.3, 0.4) is 0 Å². The van der Waals surface area contributed by atoms with Gasteiger partial charge in [0.2, 0.25) is 6.20 Å². The Labute approximate surface area is 492 Å². The van der Waals surface area contributed by atoms with E-state index in [-0.39, 0.29) is 31.8 Å². The number of nitrogens with zero attached hydrogens (tertiary/aromatic N) is 6. The average molecular weight is 1190 g/mol. The molecular formula is C59H94FN6O16S+. The molecule has 3 fully saturated rings. The van der Waals surface area contributed by atoms with Crippen molar-refractivity contribution in [3.63, 3.8) is 0 Å². The molecule has 24 heteroatoms. The summed E-state index contributed by atoms with van der Waals surface area (Å²) in [5, 5.41) is 81.0. The zero-order valence-electron chi connectivity index (χ0n) is 51.0. The minimum absolute atomic E-state index is 0.0820. The molecular weight excluding hydrogens is 1100 g/mol. The monoisotopic (exact) mass is 1190 g/mol. The summed E-state index contributed by atoms with van der Waals surface area (Å²) in [7, 11) is 6.44. The molecule has 20 atom stereocenters. The number of halogens is 1. The number of hydrogen-bond acceptors (Lipinski definition) is 21. The van der Waals surface area contributed by atoms with E-state index < -0.39 is 133 Å². The highest BCUT2D eigenvalue weighted by Gasteiger charge is 2.54. The van der Waals surface area contributed by atoms with Crippen molar-refractivity contribution in [2.24, 2.45) is 28.8 Å². The Bertz CT molecular complexity index is 2550. The van der Waals surface area contributed by atoms with Crippen molar-refractivity contribution >= 4 is 23.4 Å². The molecule has 3 saturated heterocycles. The van der Waals surface area contributed by atoms with Gasteiger partial charge >= 0.3 is 5.97 Å². The van der Waals surface area contributed by atoms with Gasteiger partial charge < -0.3 is 73.2 Å². The van der Waals surface area contributed by atoms with E-state index in [1.807, 2.05) is 70.2 Å². The van der Waals surface area contributed by atoms with Gasteiger partial charge in [-0.3, -0.25) is 10.0 Å². The number of thioether (sulfide) groups is 1. The molecule has 468 valence electrons. The summed E-state index contributed by atoms with van der Waals surface area (Å²) in [5.41, 5.74) is -0.815. The van der Waals surface area contributed by atoms with Crippen molar-refractivity contribution in [1.29, 1.82) is 0 Å². The van der Waals surface area contributed by atoms with Crippen molar-refractivity contribution in [2.45, 2.75) is 204 Å². The van der Waals surface area contributed by atoms with Crippen LogP contribution >= 0.6 is 11.8 Å². The van der Waals surface area contributed by atoms with Crippen LogP contribution in [0.1, 0.15) is 124 Å². The van der Waals surface area contributed by atoms with E-state index in [1.165, 1.54) is 43.8 Å². The number of rotatable bonds is 21. The molecule has 0 amide bonds. The van der Waals surface area contributed by atoms with E-state index in [1.54, 1.807) is 60.1 Å². The molecule has 0 radical (unpaired) electrons. The van der Waals surface area contributed by atoms with Gasteiger partial charge in [-0.25, -0.2) is 9.07 Å². The first-order valence-corrected chi connectivity index (χ1v) is 30.2. The molecule has 5 heterocycles. The number of carbonyl (C=O) groups is 1. The highest BCUT2D eigenvalue weighted by molar-refractivity contribution is 7.98. The maximum absolute atomic E-state index is 15.1. The lowest BCUT2D eigenvalue weighted by Gasteiger charge is -2.50. The van der Waals surface area contributed by atoms with Crippen LogP contribution in [0.2, 0.25) is 0 Å². The van der Waals surface area contributed by atoms with Crippen LogP contribution in [0.25, 0.3) is 11.1 Å². The number of carbonyl (C=O) groups excluding carboxylic acids is 1. The molecule has 22 nitrogen and oxygen atoms in total. The van der Waals surface area contributed by atoms with Crippen molar-refractivity contribution in [3.8, 4) is 11.1 Å². The highest BCUT2D eigenvalue weighted by Crippen LogP contribution is 2.43. The first kappa shape index (κ1) is 68.1. The number of alkyl halides is 1. The summed E-state index contributed by atoms with van der Waals surface area (Å²) < 4.78 is 68.8. The molecule has 0 unspecified atom stereocenters. The number of aromatic nitrogens is 4. The number of cyclic esters (lactones) is 1. The van der Waals surface area contributed by atoms with E-state index in [0.717, 1.165) is 10.3 Å². The maximum atomic E-state index is 15.1. The number of hydrogen-bond donors (Lipinski definition) is 6. The van der Waals surface area contributed by atoms with Crippen LogP contribution in [-0.4, -0.2) is 200 Å². The van der Waals surface area contributed by atoms with E-state index in [4.69, 9.17) is 42.7 Å². The summed E-state index contributed by atoms with van der Waals surface area (Å²) in [5.74, 6) is -3.71. The molecule has 0 spiro atoms. The average Bonchev–Trinajstić information content (AvgIpc) is 4.12. The zero-order chi connectivity index (χ0) is 61.3. The van der Waals surface area contributed by atoms with Crippen LogP contribution in [0, 0.1) is 23.7 Å². The van der Waals surface area contributed by atoms with Gasteiger partial charge in [0.15, 0.2) is 18.5 Å². The number of benzene rings is 1. The molecule has 3 aliphatic heterocycles. The Morgan fingerprint density at radius 1 is 0.940 bits per heavy atom. The number of likely N-dealkylation sites (N-methyl/N-ethyl adjacent to an activating group) is 1. The van der Waals surface area contributed by atoms with Gasteiger partial charge in [0.1, 0.15) is 49.3 Å². The predicted octanol–water partition coefficient (Wildman–Crippen LogP) is 5.35. The van der Waals surface area contributed by atoms with Gasteiger partial charge in [-0.05, 0) is 91.3 Å². The van der Waals surface area contributed by atoms with Crippen LogP contribution in [-0.2, 0) is 60.6 Å². The Balaban J connectivity index is 1.30. The third kappa shape index (κ3) is 15.6. The molecule has 3 aliphatic rings. The Morgan fingerprint density at radius 2 is 1.61 bits per heavy atom. The van der Waals surface area contributed by atoms with Gasteiger partial charge in [0.25, 0.3) is 5.69 Å². The van der Waals surface area contributed by atoms with Crippen LogP contribution in [0.4, 0.5) is 4.39 Å². The van der Waals surface area contributed by atoms with Gasteiger partial charge in [-0.1, -0.05) is 62.3 Å². The number of aliphatic hydroxyl groups is 5. The van der Waals surface area contributed by atoms with Crippen molar-refractivity contribution < 1.29 is 87.4 Å². The molecule has 3 aromatic rings. The summed E-state index contributed by atoms with van der Waals surface area (Å²) in [6.07, 6.45) is -4.92. The Morgan fingerprint density at radius 3 is 2.22 bits per heavy atom.